The number of hydrogen-bond donors (Lipinski definition) is 0. The molecule has 132 valence electrons. The summed E-state index contributed by atoms with van der Waals surface area (Å²) in [6.45, 7) is 3.19. The molecular weight excluding hydrogens is 372 g/mol. The van der Waals surface area contributed by atoms with Gasteiger partial charge in [0.1, 0.15) is 0 Å². The molecule has 0 aliphatic rings. The molecule has 0 spiro atoms. The summed E-state index contributed by atoms with van der Waals surface area (Å²) in [6.07, 6.45) is -2.05. The summed E-state index contributed by atoms with van der Waals surface area (Å²) in [7, 11) is 0. The Bertz CT molecular complexity index is 806. The van der Waals surface area contributed by atoms with Gasteiger partial charge in [-0.05, 0) is 48.7 Å². The third-order valence-electron chi connectivity index (χ3n) is 3.71. The van der Waals surface area contributed by atoms with Crippen molar-refractivity contribution in [1.29, 1.82) is 0 Å². The van der Waals surface area contributed by atoms with Crippen molar-refractivity contribution in [2.45, 2.75) is 25.9 Å². The number of carbonyl (C=O) groups excluding carboxylic acids is 1. The maximum Gasteiger partial charge on any atom is 0.399 e. The number of ketones is 1. The molecule has 0 radical (unpaired) electrons. The minimum atomic E-state index is -4.49. The highest BCUT2D eigenvalue weighted by Crippen LogP contribution is 2.38. The molecule has 0 fully saturated rings. The van der Waals surface area contributed by atoms with Crippen LogP contribution in [0.5, 0.6) is 0 Å². The maximum atomic E-state index is 13.4. The highest BCUT2D eigenvalue weighted by atomic mass is 35.5. The molecule has 25 heavy (non-hydrogen) atoms. The SMILES string of the molecule is CC(=O)c1ccc(/C=C/C(c2cc(Cl)cc(Cl)c2)C(F)(F)F)cc1C. The van der Waals surface area contributed by atoms with Gasteiger partial charge in [0.05, 0.1) is 5.92 Å². The summed E-state index contributed by atoms with van der Waals surface area (Å²) < 4.78 is 40.3. The quantitative estimate of drug-likeness (QED) is 0.524. The van der Waals surface area contributed by atoms with E-state index in [4.69, 9.17) is 23.2 Å². The molecule has 1 unspecified atom stereocenters. The highest BCUT2D eigenvalue weighted by Gasteiger charge is 2.39. The van der Waals surface area contributed by atoms with Gasteiger partial charge < -0.3 is 0 Å². The molecule has 0 amide bonds. The second-order valence-corrected chi connectivity index (χ2v) is 6.58. The summed E-state index contributed by atoms with van der Waals surface area (Å²) >= 11 is 11.6. The maximum absolute atomic E-state index is 13.4. The van der Waals surface area contributed by atoms with E-state index >= 15 is 0 Å². The fourth-order valence-electron chi connectivity index (χ4n) is 2.56. The molecule has 0 aromatic heterocycles. The molecule has 1 atom stereocenters. The van der Waals surface area contributed by atoms with Crippen molar-refractivity contribution in [2.24, 2.45) is 0 Å². The molecule has 0 heterocycles. The van der Waals surface area contributed by atoms with Crippen molar-refractivity contribution < 1.29 is 18.0 Å². The van der Waals surface area contributed by atoms with Crippen LogP contribution in [0.25, 0.3) is 6.08 Å². The molecular formula is C19H15Cl2F3O. The Morgan fingerprint density at radius 1 is 1.08 bits per heavy atom. The standard InChI is InChI=1S/C19H15Cl2F3O/c1-11-7-13(3-5-17(11)12(2)25)4-6-18(19(22,23)24)14-8-15(20)10-16(21)9-14/h3-10,18H,1-2H3/b6-4+. The average Bonchev–Trinajstić information content (AvgIpc) is 2.44. The Hall–Kier alpha value is -1.78. The van der Waals surface area contributed by atoms with Crippen LogP contribution in [0.1, 0.15) is 39.9 Å². The van der Waals surface area contributed by atoms with E-state index in [2.05, 4.69) is 0 Å². The van der Waals surface area contributed by atoms with E-state index in [0.717, 1.165) is 6.08 Å². The van der Waals surface area contributed by atoms with Crippen molar-refractivity contribution >= 4 is 35.1 Å². The van der Waals surface area contributed by atoms with Gasteiger partial charge in [-0.3, -0.25) is 4.79 Å². The Morgan fingerprint density at radius 2 is 1.68 bits per heavy atom. The van der Waals surface area contributed by atoms with Crippen LogP contribution in [0.2, 0.25) is 10.0 Å². The zero-order chi connectivity index (χ0) is 18.8. The number of allylic oxidation sites excluding steroid dienone is 1. The van der Waals surface area contributed by atoms with E-state index in [9.17, 15) is 18.0 Å². The van der Waals surface area contributed by atoms with E-state index in [1.807, 2.05) is 0 Å². The van der Waals surface area contributed by atoms with Crippen molar-refractivity contribution in [3.05, 3.63) is 74.8 Å². The molecule has 0 saturated carbocycles. The Kier molecular flexibility index (Phi) is 5.96. The molecule has 0 aliphatic heterocycles. The van der Waals surface area contributed by atoms with E-state index in [0.29, 0.717) is 16.7 Å². The molecule has 0 bridgehead atoms. The van der Waals surface area contributed by atoms with Gasteiger partial charge in [0.2, 0.25) is 0 Å². The number of aryl methyl sites for hydroxylation is 1. The number of alkyl halides is 3. The number of halogens is 5. The first-order valence-corrected chi connectivity index (χ1v) is 8.16. The van der Waals surface area contributed by atoms with Gasteiger partial charge in [0, 0.05) is 15.6 Å². The lowest BCUT2D eigenvalue weighted by atomic mass is 9.96. The molecule has 1 nitrogen and oxygen atoms in total. The first-order valence-electron chi connectivity index (χ1n) is 7.40. The second-order valence-electron chi connectivity index (χ2n) is 5.71. The lowest BCUT2D eigenvalue weighted by Gasteiger charge is -2.18. The Morgan fingerprint density at radius 3 is 2.16 bits per heavy atom. The molecule has 2 rings (SSSR count). The van der Waals surface area contributed by atoms with Crippen molar-refractivity contribution in [3.63, 3.8) is 0 Å². The van der Waals surface area contributed by atoms with Crippen LogP contribution < -0.4 is 0 Å². The Balaban J connectivity index is 2.39. The summed E-state index contributed by atoms with van der Waals surface area (Å²) in [5, 5.41) is 0.290. The summed E-state index contributed by atoms with van der Waals surface area (Å²) in [4.78, 5) is 11.4. The fourth-order valence-corrected chi connectivity index (χ4v) is 3.10. The van der Waals surface area contributed by atoms with Gasteiger partial charge in [-0.25, -0.2) is 0 Å². The predicted octanol–water partition coefficient (Wildman–Crippen LogP) is 6.86. The topological polar surface area (TPSA) is 17.1 Å². The van der Waals surface area contributed by atoms with Gasteiger partial charge in [-0.2, -0.15) is 13.2 Å². The monoisotopic (exact) mass is 386 g/mol. The average molecular weight is 387 g/mol. The van der Waals surface area contributed by atoms with Crippen LogP contribution in [0.4, 0.5) is 13.2 Å². The first kappa shape index (κ1) is 19.5. The van der Waals surface area contributed by atoms with Gasteiger partial charge in [-0.15, -0.1) is 0 Å². The number of rotatable bonds is 4. The lowest BCUT2D eigenvalue weighted by molar-refractivity contribution is -0.139. The smallest absolute Gasteiger partial charge is 0.295 e. The molecule has 2 aromatic carbocycles. The van der Waals surface area contributed by atoms with Crippen LogP contribution in [0.3, 0.4) is 0 Å². The normalized spacial score (nSPS) is 13.2. The van der Waals surface area contributed by atoms with Crippen molar-refractivity contribution in [1.82, 2.24) is 0 Å². The zero-order valence-electron chi connectivity index (χ0n) is 13.5. The first-order chi connectivity index (χ1) is 11.6. The second kappa shape index (κ2) is 7.63. The van der Waals surface area contributed by atoms with E-state index in [1.54, 1.807) is 25.1 Å². The number of Topliss-reactive ketones (excluding diaryl/α,β-unsaturated/α-hetero) is 1. The summed E-state index contributed by atoms with van der Waals surface area (Å²) in [5.41, 5.74) is 1.80. The minimum absolute atomic E-state index is 0.0293. The van der Waals surface area contributed by atoms with Crippen LogP contribution in [0.15, 0.2) is 42.5 Å². The van der Waals surface area contributed by atoms with Crippen LogP contribution in [0, 0.1) is 6.92 Å². The fraction of sp³-hybridized carbons (Fsp3) is 0.211. The van der Waals surface area contributed by atoms with Gasteiger partial charge in [0.15, 0.2) is 5.78 Å². The van der Waals surface area contributed by atoms with Crippen LogP contribution in [-0.2, 0) is 0 Å². The van der Waals surface area contributed by atoms with Crippen molar-refractivity contribution in [3.8, 4) is 0 Å². The summed E-state index contributed by atoms with van der Waals surface area (Å²) in [5.74, 6) is -1.92. The lowest BCUT2D eigenvalue weighted by Crippen LogP contribution is -2.18. The molecule has 0 aliphatic carbocycles. The molecule has 0 N–H and O–H groups in total. The number of hydrogen-bond acceptors (Lipinski definition) is 1. The predicted molar refractivity (Wildman–Crippen MR) is 95.5 cm³/mol. The van der Waals surface area contributed by atoms with Crippen LogP contribution in [-0.4, -0.2) is 12.0 Å². The Labute approximate surface area is 154 Å². The minimum Gasteiger partial charge on any atom is -0.295 e. The molecule has 2 aromatic rings. The molecule has 0 saturated heterocycles. The summed E-state index contributed by atoms with van der Waals surface area (Å²) in [6, 6.07) is 8.77. The largest absolute Gasteiger partial charge is 0.399 e. The number of benzene rings is 2. The third kappa shape index (κ3) is 5.10. The van der Waals surface area contributed by atoms with Crippen LogP contribution >= 0.6 is 23.2 Å². The third-order valence-corrected chi connectivity index (χ3v) is 4.14. The van der Waals surface area contributed by atoms with Crippen molar-refractivity contribution in [2.75, 3.05) is 0 Å². The number of carbonyl (C=O) groups is 1. The highest BCUT2D eigenvalue weighted by molar-refractivity contribution is 6.34. The van der Waals surface area contributed by atoms with E-state index in [1.165, 1.54) is 31.2 Å². The molecule has 6 heteroatoms. The van der Waals surface area contributed by atoms with Gasteiger partial charge in [0.25, 0.3) is 0 Å². The van der Waals surface area contributed by atoms with Gasteiger partial charge >= 0.3 is 6.18 Å². The van der Waals surface area contributed by atoms with Gasteiger partial charge in [-0.1, -0.05) is 53.6 Å². The van der Waals surface area contributed by atoms with E-state index in [-0.39, 0.29) is 21.4 Å². The zero-order valence-corrected chi connectivity index (χ0v) is 15.0. The van der Waals surface area contributed by atoms with E-state index < -0.39 is 12.1 Å².